The molecule has 0 bridgehead atoms. The van der Waals surface area contributed by atoms with E-state index in [1.165, 1.54) is 12.8 Å². The molecule has 0 saturated carbocycles. The first-order valence-electron chi connectivity index (χ1n) is 7.56. The van der Waals surface area contributed by atoms with Crippen molar-refractivity contribution in [1.29, 1.82) is 0 Å². The first-order valence-corrected chi connectivity index (χ1v) is 7.56. The number of hydrogen-bond acceptors (Lipinski definition) is 5. The third-order valence-electron chi connectivity index (χ3n) is 4.27. The predicted octanol–water partition coefficient (Wildman–Crippen LogP) is 1.13. The predicted molar refractivity (Wildman–Crippen MR) is 81.3 cm³/mol. The standard InChI is InChI=1S/C15H22N4O2/c16-15(5-9-21-10-6-15)14(20)18-12-3-4-13(17-11-12)19-7-1-2-8-19/h3-4,11H,1-2,5-10,16H2,(H,18,20). The fourth-order valence-corrected chi connectivity index (χ4v) is 2.81. The van der Waals surface area contributed by atoms with Crippen molar-refractivity contribution in [2.24, 2.45) is 5.73 Å². The van der Waals surface area contributed by atoms with Crippen LogP contribution in [0.15, 0.2) is 18.3 Å². The van der Waals surface area contributed by atoms with Crippen LogP contribution in [0.3, 0.4) is 0 Å². The van der Waals surface area contributed by atoms with Crippen LogP contribution in [0, 0.1) is 0 Å². The maximum atomic E-state index is 12.3. The Hall–Kier alpha value is -1.66. The molecule has 21 heavy (non-hydrogen) atoms. The summed E-state index contributed by atoms with van der Waals surface area (Å²) >= 11 is 0. The Bertz CT molecular complexity index is 491. The summed E-state index contributed by atoms with van der Waals surface area (Å²) in [6.07, 6.45) is 5.25. The Morgan fingerprint density at radius 1 is 1.29 bits per heavy atom. The average molecular weight is 290 g/mol. The fourth-order valence-electron chi connectivity index (χ4n) is 2.81. The third kappa shape index (κ3) is 3.16. The second-order valence-corrected chi connectivity index (χ2v) is 5.82. The van der Waals surface area contributed by atoms with E-state index in [0.717, 1.165) is 18.9 Å². The van der Waals surface area contributed by atoms with Gasteiger partial charge in [0.1, 0.15) is 11.4 Å². The second kappa shape index (κ2) is 5.99. The van der Waals surface area contributed by atoms with Crippen molar-refractivity contribution in [2.45, 2.75) is 31.2 Å². The number of anilines is 2. The lowest BCUT2D eigenvalue weighted by Crippen LogP contribution is -2.54. The molecule has 0 radical (unpaired) electrons. The molecule has 0 aromatic carbocycles. The number of nitrogens with two attached hydrogens (primary N) is 1. The highest BCUT2D eigenvalue weighted by Crippen LogP contribution is 2.22. The Balaban J connectivity index is 1.63. The van der Waals surface area contributed by atoms with Crippen molar-refractivity contribution in [2.75, 3.05) is 36.5 Å². The Morgan fingerprint density at radius 3 is 2.62 bits per heavy atom. The quantitative estimate of drug-likeness (QED) is 0.872. The van der Waals surface area contributed by atoms with Crippen LogP contribution in [0.25, 0.3) is 0 Å². The molecular weight excluding hydrogens is 268 g/mol. The van der Waals surface area contributed by atoms with Crippen molar-refractivity contribution in [1.82, 2.24) is 4.98 Å². The topological polar surface area (TPSA) is 80.5 Å². The van der Waals surface area contributed by atoms with E-state index < -0.39 is 5.54 Å². The van der Waals surface area contributed by atoms with E-state index >= 15 is 0 Å². The largest absolute Gasteiger partial charge is 0.381 e. The van der Waals surface area contributed by atoms with E-state index in [0.29, 0.717) is 31.7 Å². The first-order chi connectivity index (χ1) is 10.2. The van der Waals surface area contributed by atoms with Crippen LogP contribution in [-0.2, 0) is 9.53 Å². The molecule has 1 aromatic heterocycles. The van der Waals surface area contributed by atoms with Crippen LogP contribution in [0.1, 0.15) is 25.7 Å². The van der Waals surface area contributed by atoms with Crippen LogP contribution >= 0.6 is 0 Å². The summed E-state index contributed by atoms with van der Waals surface area (Å²) < 4.78 is 5.26. The molecule has 3 N–H and O–H groups in total. The molecule has 0 atom stereocenters. The molecule has 0 unspecified atom stereocenters. The van der Waals surface area contributed by atoms with Crippen molar-refractivity contribution < 1.29 is 9.53 Å². The number of ether oxygens (including phenoxy) is 1. The lowest BCUT2D eigenvalue weighted by Gasteiger charge is -2.31. The van der Waals surface area contributed by atoms with Gasteiger partial charge in [-0.3, -0.25) is 4.79 Å². The lowest BCUT2D eigenvalue weighted by atomic mass is 9.90. The number of pyridine rings is 1. The summed E-state index contributed by atoms with van der Waals surface area (Å²) in [5.41, 5.74) is 6.03. The van der Waals surface area contributed by atoms with E-state index in [9.17, 15) is 4.79 Å². The van der Waals surface area contributed by atoms with Gasteiger partial charge in [-0.15, -0.1) is 0 Å². The zero-order valence-corrected chi connectivity index (χ0v) is 12.2. The van der Waals surface area contributed by atoms with Crippen molar-refractivity contribution in [3.8, 4) is 0 Å². The van der Waals surface area contributed by atoms with Gasteiger partial charge in [-0.25, -0.2) is 4.98 Å². The molecule has 2 fully saturated rings. The minimum atomic E-state index is -0.828. The minimum Gasteiger partial charge on any atom is -0.381 e. The smallest absolute Gasteiger partial charge is 0.244 e. The van der Waals surface area contributed by atoms with E-state index in [1.807, 2.05) is 12.1 Å². The van der Waals surface area contributed by atoms with Crippen LogP contribution < -0.4 is 16.0 Å². The number of nitrogens with one attached hydrogen (secondary N) is 1. The molecule has 0 spiro atoms. The SMILES string of the molecule is NC1(C(=O)Nc2ccc(N3CCCC3)nc2)CCOCC1. The van der Waals surface area contributed by atoms with E-state index in [4.69, 9.17) is 10.5 Å². The molecule has 3 heterocycles. The number of aromatic nitrogens is 1. The summed E-state index contributed by atoms with van der Waals surface area (Å²) in [5.74, 6) is 0.820. The van der Waals surface area contributed by atoms with Crippen LogP contribution in [0.5, 0.6) is 0 Å². The van der Waals surface area contributed by atoms with Gasteiger partial charge >= 0.3 is 0 Å². The molecule has 6 nitrogen and oxygen atoms in total. The summed E-state index contributed by atoms with van der Waals surface area (Å²) in [6, 6.07) is 3.84. The maximum Gasteiger partial charge on any atom is 0.244 e. The van der Waals surface area contributed by atoms with E-state index in [-0.39, 0.29) is 5.91 Å². The molecule has 2 aliphatic heterocycles. The lowest BCUT2D eigenvalue weighted by molar-refractivity contribution is -0.124. The second-order valence-electron chi connectivity index (χ2n) is 5.82. The highest BCUT2D eigenvalue weighted by Gasteiger charge is 2.35. The third-order valence-corrected chi connectivity index (χ3v) is 4.27. The molecule has 0 aliphatic carbocycles. The van der Waals surface area contributed by atoms with Gasteiger partial charge in [-0.2, -0.15) is 0 Å². The summed E-state index contributed by atoms with van der Waals surface area (Å²) in [7, 11) is 0. The first kappa shape index (κ1) is 14.3. The van der Waals surface area contributed by atoms with Crippen LogP contribution in [-0.4, -0.2) is 42.7 Å². The van der Waals surface area contributed by atoms with Crippen LogP contribution in [0.2, 0.25) is 0 Å². The van der Waals surface area contributed by atoms with Gasteiger partial charge in [0.15, 0.2) is 0 Å². The number of rotatable bonds is 3. The summed E-state index contributed by atoms with van der Waals surface area (Å²) in [5, 5.41) is 2.87. The highest BCUT2D eigenvalue weighted by molar-refractivity contribution is 5.98. The summed E-state index contributed by atoms with van der Waals surface area (Å²) in [4.78, 5) is 19.0. The number of carbonyl (C=O) groups is 1. The summed E-state index contributed by atoms with van der Waals surface area (Å²) in [6.45, 7) is 3.20. The molecule has 2 aliphatic rings. The molecule has 2 saturated heterocycles. The van der Waals surface area contributed by atoms with E-state index in [2.05, 4.69) is 15.2 Å². The molecular formula is C15H22N4O2. The molecule has 1 aromatic rings. The van der Waals surface area contributed by atoms with Gasteiger partial charge in [0, 0.05) is 26.3 Å². The Labute approximate surface area is 124 Å². The van der Waals surface area contributed by atoms with Gasteiger partial charge in [-0.05, 0) is 37.8 Å². The maximum absolute atomic E-state index is 12.3. The van der Waals surface area contributed by atoms with Gasteiger partial charge in [-0.1, -0.05) is 0 Å². The van der Waals surface area contributed by atoms with Gasteiger partial charge in [0.05, 0.1) is 11.9 Å². The molecule has 3 rings (SSSR count). The van der Waals surface area contributed by atoms with Crippen molar-refractivity contribution in [3.05, 3.63) is 18.3 Å². The van der Waals surface area contributed by atoms with Crippen LogP contribution in [0.4, 0.5) is 11.5 Å². The monoisotopic (exact) mass is 290 g/mol. The minimum absolute atomic E-state index is 0.151. The fraction of sp³-hybridized carbons (Fsp3) is 0.600. The zero-order valence-electron chi connectivity index (χ0n) is 12.2. The van der Waals surface area contributed by atoms with Gasteiger partial charge in [0.2, 0.25) is 5.91 Å². The Kier molecular flexibility index (Phi) is 4.07. The number of nitrogens with zero attached hydrogens (tertiary/aromatic N) is 2. The number of amides is 1. The average Bonchev–Trinajstić information content (AvgIpc) is 3.03. The molecule has 114 valence electrons. The highest BCUT2D eigenvalue weighted by atomic mass is 16.5. The van der Waals surface area contributed by atoms with Gasteiger partial charge < -0.3 is 20.7 Å². The van der Waals surface area contributed by atoms with Crippen molar-refractivity contribution >= 4 is 17.4 Å². The molecule has 1 amide bonds. The normalized spacial score (nSPS) is 21.3. The number of hydrogen-bond donors (Lipinski definition) is 2. The zero-order chi connectivity index (χ0) is 14.7. The Morgan fingerprint density at radius 2 is 2.00 bits per heavy atom. The van der Waals surface area contributed by atoms with E-state index in [1.54, 1.807) is 6.20 Å². The van der Waals surface area contributed by atoms with Crippen molar-refractivity contribution in [3.63, 3.8) is 0 Å². The molecule has 6 heteroatoms. The van der Waals surface area contributed by atoms with Gasteiger partial charge in [0.25, 0.3) is 0 Å². The number of carbonyl (C=O) groups excluding carboxylic acids is 1.